The molecule has 0 saturated carbocycles. The first-order valence-corrected chi connectivity index (χ1v) is 9.16. The molecular weight excluding hydrogens is 345 g/mol. The summed E-state index contributed by atoms with van der Waals surface area (Å²) >= 11 is 0. The van der Waals surface area contributed by atoms with Crippen molar-refractivity contribution in [1.29, 1.82) is 0 Å². The fraction of sp³-hybridized carbons (Fsp3) is 0.333. The van der Waals surface area contributed by atoms with Crippen molar-refractivity contribution in [3.63, 3.8) is 0 Å². The lowest BCUT2D eigenvalue weighted by molar-refractivity contribution is -0.121. The Bertz CT molecular complexity index is 903. The van der Waals surface area contributed by atoms with Crippen LogP contribution in [0.25, 0.3) is 11.0 Å². The number of benzene rings is 2. The first-order valence-electron chi connectivity index (χ1n) is 9.16. The van der Waals surface area contributed by atoms with E-state index in [0.717, 1.165) is 22.4 Å². The minimum atomic E-state index is -0.476. The zero-order valence-electron chi connectivity index (χ0n) is 15.4. The molecule has 0 unspecified atom stereocenters. The van der Waals surface area contributed by atoms with Gasteiger partial charge < -0.3 is 15.0 Å². The molecule has 0 aliphatic rings. The monoisotopic (exact) mass is 369 g/mol. The lowest BCUT2D eigenvalue weighted by Gasteiger charge is -2.11. The summed E-state index contributed by atoms with van der Waals surface area (Å²) in [5, 5.41) is 12.1. The summed E-state index contributed by atoms with van der Waals surface area (Å²) < 4.78 is 15.3. The Balaban J connectivity index is 1.72. The molecule has 0 radical (unpaired) electrons. The largest absolute Gasteiger partial charge is 0.393 e. The number of nitrogens with one attached hydrogen (secondary N) is 1. The summed E-state index contributed by atoms with van der Waals surface area (Å²) in [6.07, 6.45) is 0.880. The van der Waals surface area contributed by atoms with Crippen LogP contribution in [0.3, 0.4) is 0 Å². The number of amides is 1. The number of aromatic nitrogens is 2. The lowest BCUT2D eigenvalue weighted by Crippen LogP contribution is -2.27. The summed E-state index contributed by atoms with van der Waals surface area (Å²) in [4.78, 5) is 16.5. The molecule has 1 atom stereocenters. The maximum absolute atomic E-state index is 13.2. The summed E-state index contributed by atoms with van der Waals surface area (Å²) in [5.74, 6) is 0.544. The third-order valence-corrected chi connectivity index (χ3v) is 4.45. The van der Waals surface area contributed by atoms with E-state index >= 15 is 0 Å². The number of fused-ring (bicyclic) bond motifs is 1. The summed E-state index contributed by atoms with van der Waals surface area (Å²) in [6.45, 7) is 2.74. The Morgan fingerprint density at radius 2 is 1.96 bits per heavy atom. The highest BCUT2D eigenvalue weighted by atomic mass is 19.1. The summed E-state index contributed by atoms with van der Waals surface area (Å²) in [5.41, 5.74) is 2.90. The Hall–Kier alpha value is -2.73. The van der Waals surface area contributed by atoms with Gasteiger partial charge in [-0.3, -0.25) is 4.79 Å². The Morgan fingerprint density at radius 1 is 1.22 bits per heavy atom. The number of halogens is 1. The van der Waals surface area contributed by atoms with Crippen LogP contribution in [0.1, 0.15) is 31.2 Å². The molecule has 2 N–H and O–H groups in total. The molecule has 5 nitrogen and oxygen atoms in total. The molecule has 0 fully saturated rings. The molecule has 27 heavy (non-hydrogen) atoms. The van der Waals surface area contributed by atoms with Gasteiger partial charge in [-0.25, -0.2) is 9.37 Å². The van der Waals surface area contributed by atoms with E-state index in [1.54, 1.807) is 19.1 Å². The van der Waals surface area contributed by atoms with Gasteiger partial charge in [-0.05, 0) is 43.2 Å². The van der Waals surface area contributed by atoms with Crippen molar-refractivity contribution >= 4 is 16.9 Å². The third kappa shape index (κ3) is 5.14. The number of carbonyl (C=O) groups is 1. The third-order valence-electron chi connectivity index (χ3n) is 4.45. The number of para-hydroxylation sites is 2. The van der Waals surface area contributed by atoms with Gasteiger partial charge in [-0.15, -0.1) is 0 Å². The number of aliphatic hydroxyl groups is 1. The van der Waals surface area contributed by atoms with E-state index in [1.807, 2.05) is 24.3 Å². The van der Waals surface area contributed by atoms with Crippen molar-refractivity contribution in [3.05, 3.63) is 65.7 Å². The van der Waals surface area contributed by atoms with Gasteiger partial charge in [0.2, 0.25) is 5.91 Å². The fourth-order valence-electron chi connectivity index (χ4n) is 3.01. The normalized spacial score (nSPS) is 12.3. The zero-order chi connectivity index (χ0) is 19.2. The van der Waals surface area contributed by atoms with Gasteiger partial charge in [0.25, 0.3) is 0 Å². The number of rotatable bonds is 8. The van der Waals surface area contributed by atoms with Crippen LogP contribution in [0.4, 0.5) is 4.39 Å². The average molecular weight is 369 g/mol. The summed E-state index contributed by atoms with van der Waals surface area (Å²) in [6, 6.07) is 14.3. The van der Waals surface area contributed by atoms with E-state index in [4.69, 9.17) is 4.98 Å². The Kier molecular flexibility index (Phi) is 6.19. The van der Waals surface area contributed by atoms with Crippen molar-refractivity contribution in [2.75, 3.05) is 6.54 Å². The van der Waals surface area contributed by atoms with Crippen LogP contribution in [-0.2, 0) is 17.8 Å². The molecule has 1 heterocycles. The van der Waals surface area contributed by atoms with E-state index in [2.05, 4.69) is 9.88 Å². The molecule has 0 bridgehead atoms. The highest BCUT2D eigenvalue weighted by Gasteiger charge is 2.12. The van der Waals surface area contributed by atoms with Crippen LogP contribution in [-0.4, -0.2) is 33.2 Å². The maximum atomic E-state index is 13.2. The van der Waals surface area contributed by atoms with Crippen LogP contribution in [0, 0.1) is 5.82 Å². The van der Waals surface area contributed by atoms with E-state index in [9.17, 15) is 14.3 Å². The van der Waals surface area contributed by atoms with Crippen molar-refractivity contribution < 1.29 is 14.3 Å². The number of aliphatic hydroxyl groups excluding tert-OH is 1. The Morgan fingerprint density at radius 3 is 2.70 bits per heavy atom. The van der Waals surface area contributed by atoms with Crippen LogP contribution in [0.15, 0.2) is 48.5 Å². The first kappa shape index (κ1) is 19.0. The quantitative estimate of drug-likeness (QED) is 0.641. The van der Waals surface area contributed by atoms with Gasteiger partial charge in [0.1, 0.15) is 11.6 Å². The van der Waals surface area contributed by atoms with Crippen molar-refractivity contribution in [1.82, 2.24) is 14.9 Å². The predicted molar refractivity (Wildman–Crippen MR) is 103 cm³/mol. The number of hydrogen-bond donors (Lipinski definition) is 2. The van der Waals surface area contributed by atoms with E-state index in [-0.39, 0.29) is 11.7 Å². The molecule has 2 aromatic carbocycles. The van der Waals surface area contributed by atoms with Crippen molar-refractivity contribution in [2.45, 2.75) is 38.8 Å². The second kappa shape index (κ2) is 8.77. The molecule has 0 saturated heterocycles. The molecule has 0 spiro atoms. The lowest BCUT2D eigenvalue weighted by atomic mass is 10.2. The second-order valence-electron chi connectivity index (χ2n) is 6.72. The van der Waals surface area contributed by atoms with Gasteiger partial charge in [0.15, 0.2) is 0 Å². The highest BCUT2D eigenvalue weighted by molar-refractivity contribution is 5.76. The molecule has 0 aliphatic heterocycles. The minimum absolute atomic E-state index is 0.0721. The van der Waals surface area contributed by atoms with Crippen LogP contribution >= 0.6 is 0 Å². The van der Waals surface area contributed by atoms with Gasteiger partial charge in [-0.2, -0.15) is 0 Å². The molecule has 0 aliphatic carbocycles. The first-order chi connectivity index (χ1) is 13.0. The molecule has 3 rings (SSSR count). The second-order valence-corrected chi connectivity index (χ2v) is 6.72. The molecule has 3 aromatic rings. The van der Waals surface area contributed by atoms with Crippen molar-refractivity contribution in [2.24, 2.45) is 0 Å². The van der Waals surface area contributed by atoms with E-state index in [1.165, 1.54) is 12.1 Å². The van der Waals surface area contributed by atoms with Crippen LogP contribution in [0.5, 0.6) is 0 Å². The molecule has 1 aromatic heterocycles. The fourth-order valence-corrected chi connectivity index (χ4v) is 3.01. The van der Waals surface area contributed by atoms with Crippen LogP contribution < -0.4 is 5.32 Å². The maximum Gasteiger partial charge on any atom is 0.220 e. The van der Waals surface area contributed by atoms with Gasteiger partial charge in [0.05, 0.1) is 17.1 Å². The highest BCUT2D eigenvalue weighted by Crippen LogP contribution is 2.18. The van der Waals surface area contributed by atoms with E-state index in [0.29, 0.717) is 32.4 Å². The topological polar surface area (TPSA) is 67.2 Å². The number of carbonyl (C=O) groups excluding carboxylic acids is 1. The molecule has 6 heteroatoms. The SMILES string of the molecule is C[C@@H](O)CCC(=O)NCCc1nc2ccccc2n1Cc1ccc(F)cc1. The molecule has 142 valence electrons. The van der Waals surface area contributed by atoms with Gasteiger partial charge in [0, 0.05) is 25.9 Å². The number of imidazole rings is 1. The minimum Gasteiger partial charge on any atom is -0.393 e. The standard InChI is InChI=1S/C21H24FN3O2/c1-15(26)6-11-21(27)23-13-12-20-24-18-4-2-3-5-19(18)25(20)14-16-7-9-17(22)10-8-16/h2-5,7-10,15,26H,6,11-14H2,1H3,(H,23,27)/t15-/m1/s1. The molecular formula is C21H24FN3O2. The number of nitrogens with zero attached hydrogens (tertiary/aromatic N) is 2. The predicted octanol–water partition coefficient (Wildman–Crippen LogP) is 3.04. The molecule has 1 amide bonds. The Labute approximate surface area is 157 Å². The van der Waals surface area contributed by atoms with Gasteiger partial charge in [-0.1, -0.05) is 24.3 Å². The van der Waals surface area contributed by atoms with E-state index < -0.39 is 6.10 Å². The van der Waals surface area contributed by atoms with Crippen molar-refractivity contribution in [3.8, 4) is 0 Å². The van der Waals surface area contributed by atoms with Crippen LogP contribution in [0.2, 0.25) is 0 Å². The average Bonchev–Trinajstić information content (AvgIpc) is 2.99. The summed E-state index contributed by atoms with van der Waals surface area (Å²) in [7, 11) is 0. The zero-order valence-corrected chi connectivity index (χ0v) is 15.4. The smallest absolute Gasteiger partial charge is 0.220 e. The number of hydrogen-bond acceptors (Lipinski definition) is 3. The van der Waals surface area contributed by atoms with Gasteiger partial charge >= 0.3 is 0 Å².